The SMILES string of the molecule is C=C(C)N=CN(C)S. The average molecular weight is 130 g/mol. The number of thiol groups is 1. The molecule has 0 aliphatic heterocycles. The van der Waals surface area contributed by atoms with Gasteiger partial charge < -0.3 is 4.31 Å². The third-order valence-corrected chi connectivity index (χ3v) is 0.549. The van der Waals surface area contributed by atoms with Crippen molar-refractivity contribution in [3.05, 3.63) is 12.3 Å². The molecule has 0 fully saturated rings. The fourth-order valence-corrected chi connectivity index (χ4v) is 0.234. The summed E-state index contributed by atoms with van der Waals surface area (Å²) < 4.78 is 1.56. The Hall–Kier alpha value is -0.440. The van der Waals surface area contributed by atoms with Gasteiger partial charge in [0.2, 0.25) is 0 Å². The van der Waals surface area contributed by atoms with Crippen LogP contribution in [-0.2, 0) is 0 Å². The molecule has 0 aromatic heterocycles. The van der Waals surface area contributed by atoms with Crippen LogP contribution in [0.25, 0.3) is 0 Å². The smallest absolute Gasteiger partial charge is 0.100 e. The summed E-state index contributed by atoms with van der Waals surface area (Å²) in [5, 5.41) is 0. The Bertz CT molecular complexity index is 107. The monoisotopic (exact) mass is 130 g/mol. The first kappa shape index (κ1) is 7.56. The number of hydrogen-bond donors (Lipinski definition) is 1. The predicted molar refractivity (Wildman–Crippen MR) is 40.1 cm³/mol. The molecule has 0 aliphatic carbocycles. The lowest BCUT2D eigenvalue weighted by Crippen LogP contribution is -1.99. The minimum absolute atomic E-state index is 0.783. The molecule has 8 heavy (non-hydrogen) atoms. The van der Waals surface area contributed by atoms with Gasteiger partial charge in [-0.05, 0) is 6.92 Å². The molecule has 0 aromatic rings. The summed E-state index contributed by atoms with van der Waals surface area (Å²) in [6, 6.07) is 0. The third kappa shape index (κ3) is 5.56. The van der Waals surface area contributed by atoms with Gasteiger partial charge in [0.05, 0.1) is 0 Å². The summed E-state index contributed by atoms with van der Waals surface area (Å²) >= 11 is 3.92. The van der Waals surface area contributed by atoms with Gasteiger partial charge in [-0.15, -0.1) is 0 Å². The lowest BCUT2D eigenvalue weighted by molar-refractivity contribution is 0.881. The van der Waals surface area contributed by atoms with Crippen molar-refractivity contribution in [2.45, 2.75) is 6.92 Å². The molecule has 2 nitrogen and oxygen atoms in total. The van der Waals surface area contributed by atoms with Crippen LogP contribution in [0.5, 0.6) is 0 Å². The van der Waals surface area contributed by atoms with Crippen molar-refractivity contribution in [2.24, 2.45) is 4.99 Å². The van der Waals surface area contributed by atoms with Gasteiger partial charge in [0.1, 0.15) is 6.34 Å². The normalized spacial score (nSPS) is 9.88. The second kappa shape index (κ2) is 3.55. The Morgan fingerprint density at radius 3 is 2.50 bits per heavy atom. The molecule has 0 rings (SSSR count). The van der Waals surface area contributed by atoms with E-state index in [0.717, 1.165) is 5.70 Å². The van der Waals surface area contributed by atoms with Gasteiger partial charge in [-0.25, -0.2) is 4.99 Å². The van der Waals surface area contributed by atoms with Crippen LogP contribution in [0.1, 0.15) is 6.92 Å². The zero-order chi connectivity index (χ0) is 6.57. The van der Waals surface area contributed by atoms with E-state index in [4.69, 9.17) is 0 Å². The maximum absolute atomic E-state index is 3.92. The fraction of sp³-hybridized carbons (Fsp3) is 0.400. The Morgan fingerprint density at radius 1 is 1.88 bits per heavy atom. The van der Waals surface area contributed by atoms with Gasteiger partial charge in [0, 0.05) is 12.7 Å². The highest BCUT2D eigenvalue weighted by atomic mass is 32.1. The highest BCUT2D eigenvalue weighted by molar-refractivity contribution is 7.78. The quantitative estimate of drug-likeness (QED) is 0.338. The summed E-state index contributed by atoms with van der Waals surface area (Å²) in [7, 11) is 1.79. The van der Waals surface area contributed by atoms with Crippen molar-refractivity contribution in [2.75, 3.05) is 7.05 Å². The van der Waals surface area contributed by atoms with E-state index >= 15 is 0 Å². The van der Waals surface area contributed by atoms with Crippen molar-refractivity contribution < 1.29 is 0 Å². The molecule has 0 saturated carbocycles. The highest BCUT2D eigenvalue weighted by Gasteiger charge is 1.75. The lowest BCUT2D eigenvalue weighted by atomic mass is 10.6. The number of aliphatic imine (C=N–C) groups is 1. The van der Waals surface area contributed by atoms with Gasteiger partial charge in [-0.2, -0.15) is 0 Å². The minimum atomic E-state index is 0.783. The fourth-order valence-electron chi connectivity index (χ4n) is 0.182. The van der Waals surface area contributed by atoms with Crippen molar-refractivity contribution in [1.29, 1.82) is 0 Å². The van der Waals surface area contributed by atoms with Crippen LogP contribution >= 0.6 is 12.8 Å². The molecule has 3 heteroatoms. The lowest BCUT2D eigenvalue weighted by Gasteiger charge is -1.98. The van der Waals surface area contributed by atoms with Crippen LogP contribution in [0.15, 0.2) is 17.3 Å². The van der Waals surface area contributed by atoms with Crippen molar-refractivity contribution in [3.63, 3.8) is 0 Å². The van der Waals surface area contributed by atoms with Gasteiger partial charge in [0.25, 0.3) is 0 Å². The first-order chi connectivity index (χ1) is 3.63. The van der Waals surface area contributed by atoms with E-state index in [9.17, 15) is 0 Å². The third-order valence-electron chi connectivity index (χ3n) is 0.445. The maximum Gasteiger partial charge on any atom is 0.100 e. The molecule has 0 heterocycles. The molecule has 0 aromatic carbocycles. The molecule has 0 spiro atoms. The van der Waals surface area contributed by atoms with Gasteiger partial charge in [-0.3, -0.25) is 0 Å². The number of nitrogens with zero attached hydrogens (tertiary/aromatic N) is 2. The molecule has 0 amide bonds. The van der Waals surface area contributed by atoms with Gasteiger partial charge >= 0.3 is 0 Å². The summed E-state index contributed by atoms with van der Waals surface area (Å²) in [6.07, 6.45) is 1.59. The van der Waals surface area contributed by atoms with E-state index in [0.29, 0.717) is 0 Å². The van der Waals surface area contributed by atoms with Crippen molar-refractivity contribution in [1.82, 2.24) is 4.31 Å². The molecule has 0 bridgehead atoms. The Kier molecular flexibility index (Phi) is 3.35. The van der Waals surface area contributed by atoms with E-state index in [-0.39, 0.29) is 0 Å². The van der Waals surface area contributed by atoms with Crippen LogP contribution < -0.4 is 0 Å². The molecular formula is C5H10N2S. The summed E-state index contributed by atoms with van der Waals surface area (Å²) in [5.74, 6) is 0. The van der Waals surface area contributed by atoms with E-state index in [1.807, 2.05) is 6.92 Å². The number of allylic oxidation sites excluding steroid dienone is 1. The summed E-state index contributed by atoms with van der Waals surface area (Å²) in [4.78, 5) is 3.85. The van der Waals surface area contributed by atoms with Crippen LogP contribution in [0.4, 0.5) is 0 Å². The van der Waals surface area contributed by atoms with Crippen LogP contribution in [0, 0.1) is 0 Å². The second-order valence-corrected chi connectivity index (χ2v) is 2.18. The molecule has 0 unspecified atom stereocenters. The maximum atomic E-state index is 3.92. The minimum Gasteiger partial charge on any atom is -0.312 e. The summed E-state index contributed by atoms with van der Waals surface area (Å²) in [5.41, 5.74) is 0.783. The largest absolute Gasteiger partial charge is 0.312 e. The molecule has 0 N–H and O–H groups in total. The number of rotatable bonds is 2. The van der Waals surface area contributed by atoms with E-state index < -0.39 is 0 Å². The average Bonchev–Trinajstić information content (AvgIpc) is 1.61. The zero-order valence-corrected chi connectivity index (χ0v) is 6.02. The molecule has 0 aliphatic rings. The standard InChI is InChI=1S/C5H10N2S/c1-5(2)6-4-7(3)8/h4,8H,1H2,2-3H3. The van der Waals surface area contributed by atoms with Crippen molar-refractivity contribution >= 4 is 19.2 Å². The van der Waals surface area contributed by atoms with Gasteiger partial charge in [-0.1, -0.05) is 19.4 Å². The van der Waals surface area contributed by atoms with E-state index in [2.05, 4.69) is 24.4 Å². The Labute approximate surface area is 55.5 Å². The van der Waals surface area contributed by atoms with Crippen molar-refractivity contribution in [3.8, 4) is 0 Å². The van der Waals surface area contributed by atoms with E-state index in [1.54, 1.807) is 17.7 Å². The zero-order valence-electron chi connectivity index (χ0n) is 5.13. The molecule has 0 radical (unpaired) electrons. The molecule has 46 valence electrons. The topological polar surface area (TPSA) is 15.6 Å². The predicted octanol–water partition coefficient (Wildman–Crippen LogP) is 1.32. The number of hydrogen-bond acceptors (Lipinski definition) is 2. The Morgan fingerprint density at radius 2 is 2.38 bits per heavy atom. The first-order valence-corrected chi connectivity index (χ1v) is 2.64. The summed E-state index contributed by atoms with van der Waals surface area (Å²) in [6.45, 7) is 5.40. The van der Waals surface area contributed by atoms with E-state index in [1.165, 1.54) is 0 Å². The van der Waals surface area contributed by atoms with Crippen LogP contribution in [0.2, 0.25) is 0 Å². The first-order valence-electron chi connectivity index (χ1n) is 2.24. The molecule has 0 atom stereocenters. The molecular weight excluding hydrogens is 120 g/mol. The van der Waals surface area contributed by atoms with Crippen LogP contribution in [-0.4, -0.2) is 17.7 Å². The highest BCUT2D eigenvalue weighted by Crippen LogP contribution is 1.87. The Balaban J connectivity index is 3.50. The van der Waals surface area contributed by atoms with Gasteiger partial charge in [0.15, 0.2) is 0 Å². The van der Waals surface area contributed by atoms with Crippen LogP contribution in [0.3, 0.4) is 0 Å². The second-order valence-electron chi connectivity index (χ2n) is 1.55. The molecule has 0 saturated heterocycles.